The highest BCUT2D eigenvalue weighted by Gasteiger charge is 2.04. The van der Waals surface area contributed by atoms with Crippen LogP contribution < -0.4 is 0 Å². The molecule has 140 valence electrons. The number of benzene rings is 2. The van der Waals surface area contributed by atoms with Crippen LogP contribution in [-0.4, -0.2) is 50.7 Å². The number of nitriles is 2. The Kier molecular flexibility index (Phi) is 6.95. The Labute approximate surface area is 164 Å². The van der Waals surface area contributed by atoms with E-state index < -0.39 is 0 Å². The molecule has 0 N–H and O–H groups in total. The summed E-state index contributed by atoms with van der Waals surface area (Å²) in [6, 6.07) is 14.3. The van der Waals surface area contributed by atoms with Crippen molar-refractivity contribution in [2.75, 3.05) is 28.2 Å². The first kappa shape index (κ1) is 20.3. The third-order valence-corrected chi connectivity index (χ3v) is 3.34. The Bertz CT molecular complexity index is 922. The van der Waals surface area contributed by atoms with Gasteiger partial charge in [-0.2, -0.15) is 20.8 Å². The van der Waals surface area contributed by atoms with Crippen molar-refractivity contribution in [3.63, 3.8) is 0 Å². The Hall–Kier alpha value is -4.04. The summed E-state index contributed by atoms with van der Waals surface area (Å²) in [5.41, 5.74) is 2.97. The van der Waals surface area contributed by atoms with Gasteiger partial charge in [0.05, 0.1) is 46.6 Å². The summed E-state index contributed by atoms with van der Waals surface area (Å²) in [5.74, 6) is 0. The van der Waals surface area contributed by atoms with E-state index in [9.17, 15) is 10.5 Å². The highest BCUT2D eigenvalue weighted by Crippen LogP contribution is 2.28. The minimum absolute atomic E-state index is 0.403. The van der Waals surface area contributed by atoms with Crippen LogP contribution in [0.3, 0.4) is 0 Å². The van der Waals surface area contributed by atoms with Crippen molar-refractivity contribution in [1.82, 2.24) is 9.80 Å². The van der Waals surface area contributed by atoms with E-state index in [0.29, 0.717) is 33.9 Å². The van der Waals surface area contributed by atoms with E-state index >= 15 is 0 Å². The third-order valence-electron chi connectivity index (χ3n) is 3.34. The largest absolute Gasteiger partial charge is 0.369 e. The van der Waals surface area contributed by atoms with Gasteiger partial charge in [0.2, 0.25) is 0 Å². The van der Waals surface area contributed by atoms with Gasteiger partial charge >= 0.3 is 0 Å². The normalized spacial score (nSPS) is 11.1. The number of rotatable bonds is 6. The zero-order valence-electron chi connectivity index (χ0n) is 16.2. The van der Waals surface area contributed by atoms with E-state index in [0.717, 1.165) is 0 Å². The quantitative estimate of drug-likeness (QED) is 0.428. The minimum Gasteiger partial charge on any atom is -0.369 e. The van der Waals surface area contributed by atoms with Gasteiger partial charge in [0, 0.05) is 28.2 Å². The van der Waals surface area contributed by atoms with Gasteiger partial charge in [-0.25, -0.2) is 9.98 Å². The summed E-state index contributed by atoms with van der Waals surface area (Å²) in [6.45, 7) is 0. The smallest absolute Gasteiger partial charge is 0.101 e. The molecule has 2 aromatic rings. The standard InChI is InChI=1S/C20H20N8/c1-27(2)13-23-19-7-5-17(9-15(19)11-21)25-26-18-6-8-20(16(10-18)12-22)24-14-28(3)4/h5-10,13-14H,1-4H3. The number of hydrogen-bond donors (Lipinski definition) is 0. The molecule has 0 heterocycles. The fourth-order valence-corrected chi connectivity index (χ4v) is 2.05. The van der Waals surface area contributed by atoms with Gasteiger partial charge in [-0.3, -0.25) is 0 Å². The zero-order chi connectivity index (χ0) is 20.5. The van der Waals surface area contributed by atoms with Crippen molar-refractivity contribution in [1.29, 1.82) is 10.5 Å². The van der Waals surface area contributed by atoms with Crippen LogP contribution in [0.5, 0.6) is 0 Å². The van der Waals surface area contributed by atoms with Crippen LogP contribution in [0.2, 0.25) is 0 Å². The van der Waals surface area contributed by atoms with Crippen molar-refractivity contribution in [2.45, 2.75) is 0 Å². The molecular formula is C20H20N8. The van der Waals surface area contributed by atoms with Crippen LogP contribution in [-0.2, 0) is 0 Å². The second-order valence-electron chi connectivity index (χ2n) is 6.24. The molecule has 8 heteroatoms. The lowest BCUT2D eigenvalue weighted by Gasteiger charge is -2.04. The van der Waals surface area contributed by atoms with Gasteiger partial charge in [-0.05, 0) is 36.4 Å². The van der Waals surface area contributed by atoms with Crippen LogP contribution >= 0.6 is 0 Å². The predicted molar refractivity (Wildman–Crippen MR) is 110 cm³/mol. The maximum atomic E-state index is 9.32. The second kappa shape index (κ2) is 9.60. The van der Waals surface area contributed by atoms with Crippen LogP contribution in [0.25, 0.3) is 0 Å². The van der Waals surface area contributed by atoms with Gasteiger partial charge in [0.15, 0.2) is 0 Å². The van der Waals surface area contributed by atoms with Crippen LogP contribution in [0.1, 0.15) is 11.1 Å². The molecule has 28 heavy (non-hydrogen) atoms. The summed E-state index contributed by atoms with van der Waals surface area (Å²) < 4.78 is 0. The molecule has 0 spiro atoms. The number of nitrogens with zero attached hydrogens (tertiary/aromatic N) is 8. The average Bonchev–Trinajstić information content (AvgIpc) is 2.69. The summed E-state index contributed by atoms with van der Waals surface area (Å²) in [7, 11) is 7.41. The lowest BCUT2D eigenvalue weighted by Crippen LogP contribution is -2.07. The van der Waals surface area contributed by atoms with Gasteiger partial charge in [0.1, 0.15) is 12.1 Å². The summed E-state index contributed by atoms with van der Waals surface area (Å²) in [6.07, 6.45) is 3.25. The van der Waals surface area contributed by atoms with Crippen molar-refractivity contribution in [3.05, 3.63) is 47.5 Å². The lowest BCUT2D eigenvalue weighted by molar-refractivity contribution is 0.643. The summed E-state index contributed by atoms with van der Waals surface area (Å²) in [4.78, 5) is 12.1. The Balaban J connectivity index is 2.26. The predicted octanol–water partition coefficient (Wildman–Crippen LogP) is 4.29. The van der Waals surface area contributed by atoms with Gasteiger partial charge in [-0.15, -0.1) is 0 Å². The van der Waals surface area contributed by atoms with Gasteiger partial charge < -0.3 is 9.80 Å². The van der Waals surface area contributed by atoms with E-state index in [2.05, 4.69) is 32.4 Å². The van der Waals surface area contributed by atoms with Crippen molar-refractivity contribution in [3.8, 4) is 12.1 Å². The van der Waals surface area contributed by atoms with E-state index in [-0.39, 0.29) is 0 Å². The highest BCUT2D eigenvalue weighted by molar-refractivity contribution is 5.68. The van der Waals surface area contributed by atoms with Crippen molar-refractivity contribution >= 4 is 35.4 Å². The average molecular weight is 372 g/mol. The molecule has 0 atom stereocenters. The molecule has 0 amide bonds. The van der Waals surface area contributed by atoms with E-state index in [1.165, 1.54) is 0 Å². The molecule has 0 radical (unpaired) electrons. The monoisotopic (exact) mass is 372 g/mol. The molecule has 0 unspecified atom stereocenters. The molecule has 0 aromatic heterocycles. The number of azo groups is 1. The molecule has 0 fully saturated rings. The molecule has 0 saturated carbocycles. The highest BCUT2D eigenvalue weighted by atomic mass is 15.1. The summed E-state index contributed by atoms with van der Waals surface area (Å²) in [5, 5.41) is 27.0. The summed E-state index contributed by atoms with van der Waals surface area (Å²) >= 11 is 0. The lowest BCUT2D eigenvalue weighted by atomic mass is 10.2. The van der Waals surface area contributed by atoms with E-state index in [1.807, 2.05) is 28.2 Å². The fourth-order valence-electron chi connectivity index (χ4n) is 2.05. The van der Waals surface area contributed by atoms with Crippen LogP contribution in [0.15, 0.2) is 56.6 Å². The zero-order valence-corrected chi connectivity index (χ0v) is 16.2. The van der Waals surface area contributed by atoms with E-state index in [1.54, 1.807) is 58.9 Å². The van der Waals surface area contributed by atoms with Crippen LogP contribution in [0.4, 0.5) is 22.7 Å². The number of hydrogen-bond acceptors (Lipinski definition) is 6. The molecule has 2 rings (SSSR count). The van der Waals surface area contributed by atoms with Crippen molar-refractivity contribution in [2.24, 2.45) is 20.2 Å². The molecular weight excluding hydrogens is 352 g/mol. The first-order valence-electron chi connectivity index (χ1n) is 8.34. The SMILES string of the molecule is CN(C)C=Nc1ccc(N=Nc2ccc(N=CN(C)C)c(C#N)c2)cc1C#N. The maximum absolute atomic E-state index is 9.32. The Morgan fingerprint density at radius 2 is 1.11 bits per heavy atom. The minimum atomic E-state index is 0.403. The Morgan fingerprint density at radius 1 is 0.714 bits per heavy atom. The van der Waals surface area contributed by atoms with Gasteiger partial charge in [-0.1, -0.05) is 0 Å². The fraction of sp³-hybridized carbons (Fsp3) is 0.200. The molecule has 8 nitrogen and oxygen atoms in total. The number of aliphatic imine (C=N–C) groups is 2. The first-order valence-corrected chi connectivity index (χ1v) is 8.34. The Morgan fingerprint density at radius 3 is 1.43 bits per heavy atom. The molecule has 0 saturated heterocycles. The maximum Gasteiger partial charge on any atom is 0.101 e. The first-order chi connectivity index (χ1) is 13.4. The topological polar surface area (TPSA) is 104 Å². The van der Waals surface area contributed by atoms with Crippen LogP contribution in [0, 0.1) is 22.7 Å². The second-order valence-corrected chi connectivity index (χ2v) is 6.24. The van der Waals surface area contributed by atoms with Crippen molar-refractivity contribution < 1.29 is 0 Å². The third kappa shape index (κ3) is 5.75. The molecule has 2 aromatic carbocycles. The van der Waals surface area contributed by atoms with E-state index in [4.69, 9.17) is 0 Å². The molecule has 0 aliphatic carbocycles. The molecule has 0 bridgehead atoms. The molecule has 0 aliphatic heterocycles. The van der Waals surface area contributed by atoms with Gasteiger partial charge in [0.25, 0.3) is 0 Å². The molecule has 0 aliphatic rings.